The lowest BCUT2D eigenvalue weighted by Gasteiger charge is -2.24. The molecule has 1 N–H and O–H groups in total. The van der Waals surface area contributed by atoms with E-state index in [1.807, 2.05) is 6.07 Å². The zero-order chi connectivity index (χ0) is 14.4. The smallest absolute Gasteiger partial charge is 0.123 e. The van der Waals surface area contributed by atoms with Crippen molar-refractivity contribution in [2.24, 2.45) is 0 Å². The highest BCUT2D eigenvalue weighted by Crippen LogP contribution is 2.20. The minimum Gasteiger partial charge on any atom is -0.373 e. The Bertz CT molecular complexity index is 391. The van der Waals surface area contributed by atoms with E-state index in [1.54, 1.807) is 6.07 Å². The van der Waals surface area contributed by atoms with Crippen LogP contribution in [0.3, 0.4) is 0 Å². The van der Waals surface area contributed by atoms with Gasteiger partial charge in [-0.2, -0.15) is 0 Å². The van der Waals surface area contributed by atoms with Crippen LogP contribution < -0.4 is 10.2 Å². The molecule has 0 saturated carbocycles. The Labute approximate surface area is 116 Å². The van der Waals surface area contributed by atoms with Crippen molar-refractivity contribution in [2.75, 3.05) is 39.1 Å². The molecule has 1 aromatic rings. The number of hydrogen-bond acceptors (Lipinski definition) is 3. The predicted octanol–water partition coefficient (Wildman–Crippen LogP) is 2.32. The van der Waals surface area contributed by atoms with E-state index < -0.39 is 0 Å². The van der Waals surface area contributed by atoms with Gasteiger partial charge in [0.25, 0.3) is 0 Å². The van der Waals surface area contributed by atoms with Gasteiger partial charge < -0.3 is 15.1 Å². The first-order chi connectivity index (χ1) is 8.90. The molecule has 1 aromatic carbocycles. The van der Waals surface area contributed by atoms with E-state index in [0.29, 0.717) is 12.6 Å². The molecule has 0 spiro atoms. The molecule has 0 bridgehead atoms. The Balaban J connectivity index is 2.79. The number of likely N-dealkylation sites (N-methyl/N-ethyl adjacent to an activating group) is 2. The van der Waals surface area contributed by atoms with Crippen LogP contribution in [0.25, 0.3) is 0 Å². The summed E-state index contributed by atoms with van der Waals surface area (Å²) in [5.74, 6) is -0.176. The van der Waals surface area contributed by atoms with Gasteiger partial charge in [-0.15, -0.1) is 0 Å². The molecule has 0 fully saturated rings. The van der Waals surface area contributed by atoms with Crippen LogP contribution in [-0.2, 0) is 6.54 Å². The fourth-order valence-electron chi connectivity index (χ4n) is 1.85. The number of anilines is 1. The van der Waals surface area contributed by atoms with Crippen molar-refractivity contribution >= 4 is 5.69 Å². The van der Waals surface area contributed by atoms with Crippen molar-refractivity contribution in [1.82, 2.24) is 10.2 Å². The van der Waals surface area contributed by atoms with Gasteiger partial charge in [0.2, 0.25) is 0 Å². The molecule has 0 unspecified atom stereocenters. The molecular weight excluding hydrogens is 241 g/mol. The highest BCUT2D eigenvalue weighted by Gasteiger charge is 2.09. The van der Waals surface area contributed by atoms with E-state index >= 15 is 0 Å². The van der Waals surface area contributed by atoms with Crippen LogP contribution in [0.1, 0.15) is 19.4 Å². The van der Waals surface area contributed by atoms with Gasteiger partial charge in [0.05, 0.1) is 0 Å². The van der Waals surface area contributed by atoms with Crippen molar-refractivity contribution in [1.29, 1.82) is 0 Å². The number of benzene rings is 1. The SMILES string of the molecule is CC(C)NCc1cc(F)ccc1N(C)CCN(C)C. The van der Waals surface area contributed by atoms with Crippen molar-refractivity contribution in [2.45, 2.75) is 26.4 Å². The molecule has 0 aromatic heterocycles. The summed E-state index contributed by atoms with van der Waals surface area (Å²) in [6, 6.07) is 5.41. The third-order valence-electron chi connectivity index (χ3n) is 3.04. The van der Waals surface area contributed by atoms with E-state index in [9.17, 15) is 4.39 Å². The molecule has 0 saturated heterocycles. The van der Waals surface area contributed by atoms with E-state index in [2.05, 4.69) is 50.1 Å². The maximum atomic E-state index is 13.4. The van der Waals surface area contributed by atoms with Gasteiger partial charge in [-0.3, -0.25) is 0 Å². The maximum Gasteiger partial charge on any atom is 0.123 e. The summed E-state index contributed by atoms with van der Waals surface area (Å²) >= 11 is 0. The fraction of sp³-hybridized carbons (Fsp3) is 0.600. The minimum absolute atomic E-state index is 0.176. The van der Waals surface area contributed by atoms with Crippen LogP contribution in [0.2, 0.25) is 0 Å². The van der Waals surface area contributed by atoms with Crippen LogP contribution in [0.4, 0.5) is 10.1 Å². The summed E-state index contributed by atoms with van der Waals surface area (Å²) < 4.78 is 13.4. The normalized spacial score (nSPS) is 11.4. The van der Waals surface area contributed by atoms with Gasteiger partial charge in [-0.1, -0.05) is 13.8 Å². The Morgan fingerprint density at radius 1 is 1.16 bits per heavy atom. The molecule has 0 radical (unpaired) electrons. The van der Waals surface area contributed by atoms with Crippen LogP contribution in [-0.4, -0.2) is 45.2 Å². The molecule has 108 valence electrons. The summed E-state index contributed by atoms with van der Waals surface area (Å²) in [4.78, 5) is 4.32. The van der Waals surface area contributed by atoms with Crippen LogP contribution in [0, 0.1) is 5.82 Å². The first-order valence-corrected chi connectivity index (χ1v) is 6.78. The second-order valence-electron chi connectivity index (χ2n) is 5.53. The molecule has 0 aliphatic carbocycles. The monoisotopic (exact) mass is 267 g/mol. The number of nitrogens with one attached hydrogen (secondary N) is 1. The molecule has 0 amide bonds. The summed E-state index contributed by atoms with van der Waals surface area (Å²) in [5.41, 5.74) is 2.10. The van der Waals surface area contributed by atoms with Crippen molar-refractivity contribution in [3.8, 4) is 0 Å². The third kappa shape index (κ3) is 5.57. The summed E-state index contributed by atoms with van der Waals surface area (Å²) in [6.45, 7) is 6.78. The summed E-state index contributed by atoms with van der Waals surface area (Å²) in [6.07, 6.45) is 0. The Morgan fingerprint density at radius 3 is 2.42 bits per heavy atom. The van der Waals surface area contributed by atoms with Crippen LogP contribution >= 0.6 is 0 Å². The zero-order valence-electron chi connectivity index (χ0n) is 12.7. The quantitative estimate of drug-likeness (QED) is 0.818. The lowest BCUT2D eigenvalue weighted by molar-refractivity contribution is 0.416. The summed E-state index contributed by atoms with van der Waals surface area (Å²) in [7, 11) is 6.16. The molecule has 0 aliphatic heterocycles. The van der Waals surface area contributed by atoms with E-state index in [4.69, 9.17) is 0 Å². The van der Waals surface area contributed by atoms with Gasteiger partial charge in [-0.25, -0.2) is 4.39 Å². The van der Waals surface area contributed by atoms with E-state index in [0.717, 1.165) is 24.3 Å². The Hall–Kier alpha value is -1.13. The van der Waals surface area contributed by atoms with Crippen molar-refractivity contribution in [3.63, 3.8) is 0 Å². The molecule has 1 rings (SSSR count). The van der Waals surface area contributed by atoms with Gasteiger partial charge in [-0.05, 0) is 37.9 Å². The van der Waals surface area contributed by atoms with Gasteiger partial charge >= 0.3 is 0 Å². The first-order valence-electron chi connectivity index (χ1n) is 6.78. The van der Waals surface area contributed by atoms with Gasteiger partial charge in [0.1, 0.15) is 5.82 Å². The van der Waals surface area contributed by atoms with E-state index in [1.165, 1.54) is 6.07 Å². The number of hydrogen-bond donors (Lipinski definition) is 1. The average molecular weight is 267 g/mol. The number of rotatable bonds is 7. The first kappa shape index (κ1) is 15.9. The largest absolute Gasteiger partial charge is 0.373 e. The number of halogens is 1. The average Bonchev–Trinajstić information content (AvgIpc) is 2.33. The fourth-order valence-corrected chi connectivity index (χ4v) is 1.85. The molecule has 0 atom stereocenters. The predicted molar refractivity (Wildman–Crippen MR) is 80.2 cm³/mol. The minimum atomic E-state index is -0.176. The molecular formula is C15H26FN3. The third-order valence-corrected chi connectivity index (χ3v) is 3.04. The highest BCUT2D eigenvalue weighted by molar-refractivity contribution is 5.53. The molecule has 4 heteroatoms. The highest BCUT2D eigenvalue weighted by atomic mass is 19.1. The Kier molecular flexibility index (Phi) is 6.25. The second kappa shape index (κ2) is 7.46. The standard InChI is InChI=1S/C15H26FN3/c1-12(2)17-11-13-10-14(16)6-7-15(13)19(5)9-8-18(3)4/h6-7,10,12,17H,8-9,11H2,1-5H3. The molecule has 3 nitrogen and oxygen atoms in total. The zero-order valence-corrected chi connectivity index (χ0v) is 12.7. The lowest BCUT2D eigenvalue weighted by Crippen LogP contribution is -2.30. The topological polar surface area (TPSA) is 18.5 Å². The Morgan fingerprint density at radius 2 is 1.84 bits per heavy atom. The molecule has 0 heterocycles. The van der Waals surface area contributed by atoms with Gasteiger partial charge in [0.15, 0.2) is 0 Å². The van der Waals surface area contributed by atoms with Crippen LogP contribution in [0.15, 0.2) is 18.2 Å². The second-order valence-corrected chi connectivity index (χ2v) is 5.53. The van der Waals surface area contributed by atoms with Crippen molar-refractivity contribution in [3.05, 3.63) is 29.6 Å². The summed E-state index contributed by atoms with van der Waals surface area (Å²) in [5, 5.41) is 3.35. The van der Waals surface area contributed by atoms with Crippen molar-refractivity contribution < 1.29 is 4.39 Å². The van der Waals surface area contributed by atoms with Gasteiger partial charge in [0, 0.05) is 38.4 Å². The van der Waals surface area contributed by atoms with Crippen LogP contribution in [0.5, 0.6) is 0 Å². The lowest BCUT2D eigenvalue weighted by atomic mass is 10.1. The molecule has 0 aliphatic rings. The molecule has 19 heavy (non-hydrogen) atoms. The number of nitrogens with zero attached hydrogens (tertiary/aromatic N) is 2. The van der Waals surface area contributed by atoms with E-state index in [-0.39, 0.29) is 5.82 Å². The maximum absolute atomic E-state index is 13.4.